The summed E-state index contributed by atoms with van der Waals surface area (Å²) in [5.74, 6) is 1.27. The number of amides is 1. The lowest BCUT2D eigenvalue weighted by molar-refractivity contribution is -0.122. The van der Waals surface area contributed by atoms with Crippen LogP contribution in [0.4, 0.5) is 5.69 Å². The van der Waals surface area contributed by atoms with E-state index in [-0.39, 0.29) is 5.91 Å². The molecule has 1 N–H and O–H groups in total. The summed E-state index contributed by atoms with van der Waals surface area (Å²) in [5, 5.41) is 3.58. The van der Waals surface area contributed by atoms with E-state index in [0.717, 1.165) is 23.3 Å². The second-order valence-electron chi connectivity index (χ2n) is 6.79. The number of hydrogen-bond acceptors (Lipinski definition) is 4. The van der Waals surface area contributed by atoms with E-state index >= 15 is 0 Å². The molecule has 0 spiro atoms. The quantitative estimate of drug-likeness (QED) is 0.545. The minimum atomic E-state index is -3.61. The van der Waals surface area contributed by atoms with E-state index in [2.05, 4.69) is 5.32 Å². The van der Waals surface area contributed by atoms with Crippen molar-refractivity contribution in [3.63, 3.8) is 0 Å². The Morgan fingerprint density at radius 3 is 2.31 bits per heavy atom. The maximum atomic E-state index is 12.7. The first-order valence-corrected chi connectivity index (χ1v) is 12.8. The zero-order valence-electron chi connectivity index (χ0n) is 16.9. The van der Waals surface area contributed by atoms with Crippen molar-refractivity contribution in [1.82, 2.24) is 5.32 Å². The van der Waals surface area contributed by atoms with Gasteiger partial charge in [-0.2, -0.15) is 11.8 Å². The average molecular weight is 455 g/mol. The third-order valence-corrected chi connectivity index (χ3v) is 6.81. The van der Waals surface area contributed by atoms with Gasteiger partial charge in [-0.3, -0.25) is 9.10 Å². The molecule has 8 heteroatoms. The van der Waals surface area contributed by atoms with Crippen molar-refractivity contribution in [1.29, 1.82) is 0 Å². The molecule has 0 saturated carbocycles. The first-order valence-electron chi connectivity index (χ1n) is 9.38. The van der Waals surface area contributed by atoms with Crippen LogP contribution in [0.25, 0.3) is 0 Å². The minimum absolute atomic E-state index is 0.286. The van der Waals surface area contributed by atoms with Gasteiger partial charge in [-0.1, -0.05) is 48.4 Å². The van der Waals surface area contributed by atoms with Crippen molar-refractivity contribution in [3.8, 4) is 0 Å². The number of benzene rings is 2. The molecular formula is C21H27ClN2O3S2. The number of carbonyl (C=O) groups excluding carboxylic acids is 1. The topological polar surface area (TPSA) is 66.5 Å². The zero-order chi connectivity index (χ0) is 21.4. The number of anilines is 1. The molecule has 0 heterocycles. The monoisotopic (exact) mass is 454 g/mol. The SMILES string of the molecule is CC[C@H](C(=O)NCCSCc1ccc(Cl)cc1)N(c1ccc(C)cc1)S(C)(=O)=O. The Kier molecular flexibility index (Phi) is 8.86. The van der Waals surface area contributed by atoms with Gasteiger partial charge in [-0.25, -0.2) is 8.42 Å². The molecule has 158 valence electrons. The smallest absolute Gasteiger partial charge is 0.243 e. The Balaban J connectivity index is 1.94. The summed E-state index contributed by atoms with van der Waals surface area (Å²) < 4.78 is 26.0. The molecule has 1 atom stereocenters. The Labute approximate surface area is 182 Å². The number of halogens is 1. The van der Waals surface area contributed by atoms with Crippen LogP contribution in [0, 0.1) is 6.92 Å². The number of nitrogens with one attached hydrogen (secondary N) is 1. The largest absolute Gasteiger partial charge is 0.353 e. The van der Waals surface area contributed by atoms with E-state index in [1.54, 1.807) is 23.9 Å². The highest BCUT2D eigenvalue weighted by Crippen LogP contribution is 2.23. The van der Waals surface area contributed by atoms with Gasteiger partial charge in [0.2, 0.25) is 15.9 Å². The molecule has 0 saturated heterocycles. The third-order valence-electron chi connectivity index (χ3n) is 4.35. The Morgan fingerprint density at radius 2 is 1.76 bits per heavy atom. The van der Waals surface area contributed by atoms with E-state index < -0.39 is 16.1 Å². The summed E-state index contributed by atoms with van der Waals surface area (Å²) in [4.78, 5) is 12.7. The van der Waals surface area contributed by atoms with Gasteiger partial charge in [-0.15, -0.1) is 0 Å². The van der Waals surface area contributed by atoms with Crippen LogP contribution in [0.15, 0.2) is 48.5 Å². The second kappa shape index (κ2) is 10.9. The minimum Gasteiger partial charge on any atom is -0.353 e. The van der Waals surface area contributed by atoms with Gasteiger partial charge in [0.05, 0.1) is 11.9 Å². The predicted molar refractivity (Wildman–Crippen MR) is 123 cm³/mol. The summed E-state index contributed by atoms with van der Waals surface area (Å²) >= 11 is 7.58. The third kappa shape index (κ3) is 7.24. The molecule has 0 aliphatic heterocycles. The molecule has 1 amide bonds. The van der Waals surface area contributed by atoms with E-state index in [4.69, 9.17) is 11.6 Å². The van der Waals surface area contributed by atoms with Crippen molar-refractivity contribution < 1.29 is 13.2 Å². The molecule has 0 aliphatic rings. The average Bonchev–Trinajstić information content (AvgIpc) is 2.67. The molecule has 2 aromatic carbocycles. The lowest BCUT2D eigenvalue weighted by atomic mass is 10.1. The maximum Gasteiger partial charge on any atom is 0.243 e. The second-order valence-corrected chi connectivity index (χ2v) is 10.2. The van der Waals surface area contributed by atoms with Gasteiger partial charge in [0.1, 0.15) is 6.04 Å². The molecular weight excluding hydrogens is 428 g/mol. The van der Waals surface area contributed by atoms with Crippen molar-refractivity contribution in [2.24, 2.45) is 0 Å². The molecule has 2 aromatic rings. The standard InChI is InChI=1S/C21H27ClN2O3S2/c1-4-20(24(29(3,26)27)19-11-5-16(2)6-12-19)21(25)23-13-14-28-15-17-7-9-18(22)10-8-17/h5-12,20H,4,13-15H2,1-3H3,(H,23,25)/t20-/m1/s1. The molecule has 5 nitrogen and oxygen atoms in total. The summed E-state index contributed by atoms with van der Waals surface area (Å²) in [5.41, 5.74) is 2.69. The molecule has 29 heavy (non-hydrogen) atoms. The van der Waals surface area contributed by atoms with Crippen LogP contribution in [0.5, 0.6) is 0 Å². The number of sulfonamides is 1. The Hall–Kier alpha value is -1.70. The van der Waals surface area contributed by atoms with Crippen LogP contribution in [-0.4, -0.2) is 38.9 Å². The molecule has 0 radical (unpaired) electrons. The fourth-order valence-electron chi connectivity index (χ4n) is 2.89. The summed E-state index contributed by atoms with van der Waals surface area (Å²) in [6.07, 6.45) is 1.51. The van der Waals surface area contributed by atoms with Crippen LogP contribution < -0.4 is 9.62 Å². The van der Waals surface area contributed by atoms with Crippen LogP contribution in [0.2, 0.25) is 5.02 Å². The molecule has 0 bridgehead atoms. The first-order chi connectivity index (χ1) is 13.7. The normalized spacial score (nSPS) is 12.4. The van der Waals surface area contributed by atoms with E-state index in [9.17, 15) is 13.2 Å². The maximum absolute atomic E-state index is 12.7. The van der Waals surface area contributed by atoms with Gasteiger partial charge in [-0.05, 0) is 43.2 Å². The van der Waals surface area contributed by atoms with Crippen LogP contribution in [0.3, 0.4) is 0 Å². The summed E-state index contributed by atoms with van der Waals surface area (Å²) in [6.45, 7) is 4.21. The highest BCUT2D eigenvalue weighted by Gasteiger charge is 2.31. The van der Waals surface area contributed by atoms with Gasteiger partial charge in [0, 0.05) is 23.1 Å². The molecule has 0 unspecified atom stereocenters. The molecule has 0 fully saturated rings. The number of hydrogen-bond donors (Lipinski definition) is 1. The van der Waals surface area contributed by atoms with E-state index in [1.165, 1.54) is 9.87 Å². The van der Waals surface area contributed by atoms with Gasteiger partial charge in [0.25, 0.3) is 0 Å². The Bertz CT molecular complexity index is 901. The lowest BCUT2D eigenvalue weighted by Crippen LogP contribution is -2.49. The number of aryl methyl sites for hydroxylation is 1. The number of carbonyl (C=O) groups is 1. The van der Waals surface area contributed by atoms with Crippen molar-refractivity contribution in [3.05, 3.63) is 64.7 Å². The molecule has 2 rings (SSSR count). The fraction of sp³-hybridized carbons (Fsp3) is 0.381. The summed E-state index contributed by atoms with van der Waals surface area (Å²) in [7, 11) is -3.61. The Morgan fingerprint density at radius 1 is 1.14 bits per heavy atom. The summed E-state index contributed by atoms with van der Waals surface area (Å²) in [6, 6.07) is 14.0. The van der Waals surface area contributed by atoms with Crippen molar-refractivity contribution in [2.75, 3.05) is 22.9 Å². The van der Waals surface area contributed by atoms with Gasteiger partial charge >= 0.3 is 0 Å². The van der Waals surface area contributed by atoms with Crippen LogP contribution >= 0.6 is 23.4 Å². The molecule has 0 aliphatic carbocycles. The lowest BCUT2D eigenvalue weighted by Gasteiger charge is -2.30. The van der Waals surface area contributed by atoms with Gasteiger partial charge in [0.15, 0.2) is 0 Å². The van der Waals surface area contributed by atoms with E-state index in [1.807, 2.05) is 50.2 Å². The van der Waals surface area contributed by atoms with Crippen molar-refractivity contribution in [2.45, 2.75) is 32.1 Å². The fourth-order valence-corrected chi connectivity index (χ4v) is 5.04. The van der Waals surface area contributed by atoms with Crippen LogP contribution in [-0.2, 0) is 20.6 Å². The first kappa shape index (κ1) is 23.6. The van der Waals surface area contributed by atoms with Crippen LogP contribution in [0.1, 0.15) is 24.5 Å². The number of rotatable bonds is 10. The highest BCUT2D eigenvalue weighted by atomic mass is 35.5. The van der Waals surface area contributed by atoms with Gasteiger partial charge < -0.3 is 5.32 Å². The van der Waals surface area contributed by atoms with Crippen molar-refractivity contribution >= 4 is 45.0 Å². The zero-order valence-corrected chi connectivity index (χ0v) is 19.3. The van der Waals surface area contributed by atoms with E-state index in [0.29, 0.717) is 23.7 Å². The number of thioether (sulfide) groups is 1. The molecule has 0 aromatic heterocycles. The highest BCUT2D eigenvalue weighted by molar-refractivity contribution is 7.98. The predicted octanol–water partition coefficient (Wildman–Crippen LogP) is 4.24. The number of nitrogens with zero attached hydrogens (tertiary/aromatic N) is 1.